The lowest BCUT2D eigenvalue weighted by Crippen LogP contribution is -2.45. The number of carbonyl (C=O) groups is 2. The number of aliphatic hydroxyl groups excluding tert-OH is 2. The smallest absolute Gasteiger partial charge is 0.305 e. The van der Waals surface area contributed by atoms with Gasteiger partial charge in [-0.1, -0.05) is 347 Å². The van der Waals surface area contributed by atoms with Crippen molar-refractivity contribution in [2.24, 2.45) is 0 Å². The Morgan fingerprint density at radius 1 is 0.355 bits per heavy atom. The first-order valence-corrected chi connectivity index (χ1v) is 34.9. The average Bonchev–Trinajstić information content (AvgIpc) is 3.42. The Morgan fingerprint density at radius 3 is 0.934 bits per heavy atom. The molecule has 452 valence electrons. The highest BCUT2D eigenvalue weighted by Gasteiger charge is 2.20. The minimum atomic E-state index is -0.663. The van der Waals surface area contributed by atoms with Gasteiger partial charge >= 0.3 is 5.97 Å². The van der Waals surface area contributed by atoms with E-state index >= 15 is 0 Å². The van der Waals surface area contributed by atoms with Crippen molar-refractivity contribution in [1.82, 2.24) is 5.32 Å². The third kappa shape index (κ3) is 61.8. The van der Waals surface area contributed by atoms with E-state index in [1.165, 1.54) is 327 Å². The van der Waals surface area contributed by atoms with Crippen LogP contribution in [0.1, 0.15) is 399 Å². The van der Waals surface area contributed by atoms with Gasteiger partial charge in [0, 0.05) is 12.8 Å². The number of hydrogen-bond acceptors (Lipinski definition) is 5. The number of nitrogens with one attached hydrogen (secondary N) is 1. The quantitative estimate of drug-likeness (QED) is 0.0320. The van der Waals surface area contributed by atoms with E-state index in [4.69, 9.17) is 4.74 Å². The molecular weight excluding hydrogens is 935 g/mol. The highest BCUT2D eigenvalue weighted by molar-refractivity contribution is 5.76. The molecule has 2 atom stereocenters. The predicted molar refractivity (Wildman–Crippen MR) is 333 cm³/mol. The number of ether oxygens (including phenoxy) is 1. The summed E-state index contributed by atoms with van der Waals surface area (Å²) in [6.07, 6.45) is 81.2. The summed E-state index contributed by atoms with van der Waals surface area (Å²) < 4.78 is 5.51. The first kappa shape index (κ1) is 74.6. The van der Waals surface area contributed by atoms with E-state index in [-0.39, 0.29) is 18.5 Å². The lowest BCUT2D eigenvalue weighted by atomic mass is 10.0. The summed E-state index contributed by atoms with van der Waals surface area (Å²) in [6, 6.07) is -0.540. The molecule has 0 aliphatic rings. The van der Waals surface area contributed by atoms with E-state index < -0.39 is 12.1 Å². The number of aliphatic hydroxyl groups is 2. The van der Waals surface area contributed by atoms with Crippen molar-refractivity contribution >= 4 is 11.9 Å². The van der Waals surface area contributed by atoms with Gasteiger partial charge in [-0.3, -0.25) is 9.59 Å². The standard InChI is InChI=1S/C70H137NO5/c1-3-5-7-9-11-13-15-17-19-32-36-40-44-48-52-56-60-64-70(75)76-65-61-57-53-49-45-41-37-34-31-29-27-25-23-21-20-22-24-26-28-30-33-35-39-43-47-51-55-59-63-69(74)71-67(66-72)68(73)62-58-54-50-46-42-38-18-16-14-12-10-8-6-4-2/h20-21,67-68,72-73H,3-19,22-66H2,1-2H3,(H,71,74)/b21-20-. The molecule has 0 aromatic heterocycles. The zero-order chi connectivity index (χ0) is 55.0. The van der Waals surface area contributed by atoms with Crippen LogP contribution in [0.4, 0.5) is 0 Å². The zero-order valence-electron chi connectivity index (χ0n) is 51.8. The van der Waals surface area contributed by atoms with Gasteiger partial charge in [-0.25, -0.2) is 0 Å². The van der Waals surface area contributed by atoms with Crippen LogP contribution in [0.5, 0.6) is 0 Å². The number of esters is 1. The minimum absolute atomic E-state index is 0.0207. The summed E-state index contributed by atoms with van der Waals surface area (Å²) in [5, 5.41) is 23.3. The second-order valence-corrected chi connectivity index (χ2v) is 24.2. The fraction of sp³-hybridized carbons (Fsp3) is 0.943. The summed E-state index contributed by atoms with van der Waals surface area (Å²) in [4.78, 5) is 24.6. The first-order valence-electron chi connectivity index (χ1n) is 34.9. The van der Waals surface area contributed by atoms with Crippen molar-refractivity contribution in [3.05, 3.63) is 12.2 Å². The Hall–Kier alpha value is -1.40. The Balaban J connectivity index is 3.34. The molecule has 2 unspecified atom stereocenters. The molecule has 6 nitrogen and oxygen atoms in total. The van der Waals surface area contributed by atoms with Gasteiger partial charge in [-0.05, 0) is 51.4 Å². The molecule has 0 radical (unpaired) electrons. The number of carbonyl (C=O) groups excluding carboxylic acids is 2. The molecule has 0 aromatic rings. The van der Waals surface area contributed by atoms with Crippen LogP contribution in [-0.2, 0) is 14.3 Å². The fourth-order valence-corrected chi connectivity index (χ4v) is 11.2. The Labute approximate surface area is 476 Å². The summed E-state index contributed by atoms with van der Waals surface area (Å²) in [6.45, 7) is 4.99. The lowest BCUT2D eigenvalue weighted by molar-refractivity contribution is -0.143. The maximum atomic E-state index is 12.5. The molecule has 1 amide bonds. The monoisotopic (exact) mass is 1070 g/mol. The third-order valence-corrected chi connectivity index (χ3v) is 16.6. The highest BCUT2D eigenvalue weighted by atomic mass is 16.5. The van der Waals surface area contributed by atoms with Crippen LogP contribution in [0.2, 0.25) is 0 Å². The van der Waals surface area contributed by atoms with Gasteiger partial charge in [0.15, 0.2) is 0 Å². The second kappa shape index (κ2) is 66.1. The third-order valence-electron chi connectivity index (χ3n) is 16.6. The Bertz CT molecular complexity index is 1140. The van der Waals surface area contributed by atoms with Crippen LogP contribution >= 0.6 is 0 Å². The molecule has 3 N–H and O–H groups in total. The molecule has 0 heterocycles. The van der Waals surface area contributed by atoms with Gasteiger partial charge in [-0.2, -0.15) is 0 Å². The van der Waals surface area contributed by atoms with Crippen molar-refractivity contribution < 1.29 is 24.5 Å². The normalized spacial score (nSPS) is 12.5. The molecule has 0 aliphatic carbocycles. The summed E-state index contributed by atoms with van der Waals surface area (Å²) in [5.41, 5.74) is 0. The number of unbranched alkanes of at least 4 members (excludes halogenated alkanes) is 53. The van der Waals surface area contributed by atoms with Gasteiger partial charge in [0.1, 0.15) is 0 Å². The van der Waals surface area contributed by atoms with Crippen molar-refractivity contribution in [2.45, 2.75) is 411 Å². The van der Waals surface area contributed by atoms with Gasteiger partial charge in [0.25, 0.3) is 0 Å². The highest BCUT2D eigenvalue weighted by Crippen LogP contribution is 2.19. The molecule has 6 heteroatoms. The fourth-order valence-electron chi connectivity index (χ4n) is 11.2. The summed E-state index contributed by atoms with van der Waals surface area (Å²) in [7, 11) is 0. The van der Waals surface area contributed by atoms with Crippen molar-refractivity contribution in [2.75, 3.05) is 13.2 Å². The molecular formula is C70H137NO5. The van der Waals surface area contributed by atoms with E-state index in [0.29, 0.717) is 25.9 Å². The molecule has 0 spiro atoms. The van der Waals surface area contributed by atoms with E-state index in [9.17, 15) is 19.8 Å². The van der Waals surface area contributed by atoms with Gasteiger partial charge < -0.3 is 20.3 Å². The molecule has 0 rings (SSSR count). The topological polar surface area (TPSA) is 95.9 Å². The van der Waals surface area contributed by atoms with E-state index in [1.807, 2.05) is 0 Å². The van der Waals surface area contributed by atoms with Crippen molar-refractivity contribution in [3.8, 4) is 0 Å². The number of allylic oxidation sites excluding steroid dienone is 2. The lowest BCUT2D eigenvalue weighted by Gasteiger charge is -2.22. The second-order valence-electron chi connectivity index (χ2n) is 24.2. The van der Waals surface area contributed by atoms with Gasteiger partial charge in [0.05, 0.1) is 25.4 Å². The van der Waals surface area contributed by atoms with Crippen LogP contribution in [0.3, 0.4) is 0 Å². The maximum absolute atomic E-state index is 12.5. The maximum Gasteiger partial charge on any atom is 0.305 e. The van der Waals surface area contributed by atoms with Gasteiger partial charge in [-0.15, -0.1) is 0 Å². The SMILES string of the molecule is CCCCCCCCCCCCCCCCCCCC(=O)OCCCCCCCCCCCCCC/C=C\CCCCCCCCCCCCCCC(=O)NC(CO)C(O)CCCCCCCCCCCCCCCC. The average molecular weight is 1070 g/mol. The number of amides is 1. The molecule has 0 saturated carbocycles. The number of hydrogen-bond donors (Lipinski definition) is 3. The van der Waals surface area contributed by atoms with Crippen LogP contribution in [0.15, 0.2) is 12.2 Å². The molecule has 0 aromatic carbocycles. The summed E-state index contributed by atoms with van der Waals surface area (Å²) >= 11 is 0. The number of rotatable bonds is 66. The predicted octanol–water partition coefficient (Wildman–Crippen LogP) is 22.4. The van der Waals surface area contributed by atoms with Crippen LogP contribution in [0.25, 0.3) is 0 Å². The Morgan fingerprint density at radius 2 is 0.618 bits per heavy atom. The van der Waals surface area contributed by atoms with Gasteiger partial charge in [0.2, 0.25) is 5.91 Å². The zero-order valence-corrected chi connectivity index (χ0v) is 51.8. The summed E-state index contributed by atoms with van der Waals surface area (Å²) in [5.74, 6) is -0.0114. The largest absolute Gasteiger partial charge is 0.466 e. The molecule has 0 bridgehead atoms. The van der Waals surface area contributed by atoms with Crippen molar-refractivity contribution in [3.63, 3.8) is 0 Å². The van der Waals surface area contributed by atoms with E-state index in [2.05, 4.69) is 31.3 Å². The molecule has 0 aliphatic heterocycles. The van der Waals surface area contributed by atoms with Crippen LogP contribution < -0.4 is 5.32 Å². The molecule has 0 fully saturated rings. The van der Waals surface area contributed by atoms with E-state index in [1.54, 1.807) is 0 Å². The van der Waals surface area contributed by atoms with Crippen LogP contribution in [-0.4, -0.2) is 47.4 Å². The van der Waals surface area contributed by atoms with Crippen molar-refractivity contribution in [1.29, 1.82) is 0 Å². The molecule has 76 heavy (non-hydrogen) atoms. The van der Waals surface area contributed by atoms with Crippen LogP contribution in [0, 0.1) is 0 Å². The minimum Gasteiger partial charge on any atom is -0.466 e. The molecule has 0 saturated heterocycles. The van der Waals surface area contributed by atoms with E-state index in [0.717, 1.165) is 38.5 Å². The first-order chi connectivity index (χ1) is 37.5. The Kier molecular flexibility index (Phi) is 64.9.